The molecule has 0 aliphatic carbocycles. The fourth-order valence-corrected chi connectivity index (χ4v) is 1.41. The van der Waals surface area contributed by atoms with E-state index in [0.717, 1.165) is 11.3 Å². The number of allylic oxidation sites excluding steroid dienone is 1. The average Bonchev–Trinajstić information content (AvgIpc) is 2.34. The van der Waals surface area contributed by atoms with Crippen molar-refractivity contribution in [3.8, 4) is 0 Å². The van der Waals surface area contributed by atoms with Crippen molar-refractivity contribution >= 4 is 37.3 Å². The van der Waals surface area contributed by atoms with Gasteiger partial charge in [0.25, 0.3) is 0 Å². The van der Waals surface area contributed by atoms with E-state index < -0.39 is 0 Å². The second-order valence-electron chi connectivity index (χ2n) is 3.59. The molecule has 1 aromatic carbocycles. The molecule has 18 heavy (non-hydrogen) atoms. The van der Waals surface area contributed by atoms with Gasteiger partial charge in [-0.3, -0.25) is 9.59 Å². The Bertz CT molecular complexity index is 461. The van der Waals surface area contributed by atoms with Crippen molar-refractivity contribution in [3.63, 3.8) is 0 Å². The Balaban J connectivity index is 2.99. The van der Waals surface area contributed by atoms with Crippen LogP contribution in [0.2, 0.25) is 0 Å². The summed E-state index contributed by atoms with van der Waals surface area (Å²) >= 11 is 0. The lowest BCUT2D eigenvalue weighted by atomic mass is 10.1. The zero-order valence-corrected chi connectivity index (χ0v) is 10.4. The zero-order valence-electron chi connectivity index (χ0n) is 10.4. The molecule has 5 nitrogen and oxygen atoms in total. The van der Waals surface area contributed by atoms with Gasteiger partial charge in [-0.2, -0.15) is 0 Å². The zero-order chi connectivity index (χ0) is 13.4. The Morgan fingerprint density at radius 3 is 2.78 bits per heavy atom. The highest BCUT2D eigenvalue weighted by Gasteiger charge is 2.04. The van der Waals surface area contributed by atoms with Crippen LogP contribution in [0.4, 0.5) is 11.4 Å². The molecule has 94 valence electrons. The maximum absolute atomic E-state index is 11.1. The van der Waals surface area contributed by atoms with Crippen LogP contribution in [0.15, 0.2) is 24.3 Å². The smallest absolute Gasteiger partial charge is 0.393 e. The Morgan fingerprint density at radius 1 is 1.39 bits per heavy atom. The molecule has 0 aromatic heterocycles. The van der Waals surface area contributed by atoms with E-state index in [4.69, 9.17) is 4.65 Å². The van der Waals surface area contributed by atoms with Crippen LogP contribution in [-0.4, -0.2) is 26.9 Å². The number of carbonyl (C=O) groups excluding carboxylic acids is 2. The largest absolute Gasteiger partial charge is 0.422 e. The summed E-state index contributed by atoms with van der Waals surface area (Å²) in [6.45, 7) is 1.44. The minimum Gasteiger partial charge on any atom is -0.422 e. The molecule has 0 saturated carbocycles. The van der Waals surface area contributed by atoms with E-state index in [0.29, 0.717) is 19.6 Å². The molecule has 0 saturated heterocycles. The van der Waals surface area contributed by atoms with Gasteiger partial charge in [0.2, 0.25) is 5.91 Å². The van der Waals surface area contributed by atoms with Crippen LogP contribution in [0.1, 0.15) is 12.5 Å². The van der Waals surface area contributed by atoms with Crippen molar-refractivity contribution in [2.24, 2.45) is 0 Å². The molecule has 1 rings (SSSR count). The number of amides is 1. The number of hydrogen-bond donors (Lipinski definition) is 2. The summed E-state index contributed by atoms with van der Waals surface area (Å²) in [5.41, 5.74) is 2.23. The molecule has 0 spiro atoms. The fraction of sp³-hybridized carbons (Fsp3) is 0.167. The van der Waals surface area contributed by atoms with Crippen molar-refractivity contribution in [1.82, 2.24) is 0 Å². The van der Waals surface area contributed by atoms with Crippen molar-refractivity contribution in [3.05, 3.63) is 29.8 Å². The van der Waals surface area contributed by atoms with Gasteiger partial charge in [-0.15, -0.1) is 0 Å². The first-order valence-electron chi connectivity index (χ1n) is 5.43. The molecule has 0 atom stereocenters. The average molecular weight is 246 g/mol. The second-order valence-corrected chi connectivity index (χ2v) is 3.59. The molecule has 6 heteroatoms. The van der Waals surface area contributed by atoms with Crippen LogP contribution in [0.25, 0.3) is 6.08 Å². The van der Waals surface area contributed by atoms with Gasteiger partial charge in [-0.05, 0) is 23.8 Å². The minimum absolute atomic E-state index is 0.160. The maximum Gasteiger partial charge on any atom is 0.393 e. The monoisotopic (exact) mass is 246 g/mol. The quantitative estimate of drug-likeness (QED) is 0.449. The van der Waals surface area contributed by atoms with Crippen molar-refractivity contribution in [2.45, 2.75) is 6.92 Å². The molecule has 0 radical (unpaired) electrons. The number of rotatable bonds is 6. The molecule has 0 bridgehead atoms. The molecule has 1 aromatic rings. The van der Waals surface area contributed by atoms with Crippen LogP contribution in [0.5, 0.6) is 0 Å². The molecular weight excluding hydrogens is 231 g/mol. The first-order chi connectivity index (χ1) is 8.67. The standard InChI is InChI=1S/C12H15BN2O3/c1-9(17)14-12-8-10(4-3-7-16)5-6-11(12)15-13-18-2/h3-8,13,15H,1-2H3,(H,14,17)/b4-3+. The van der Waals surface area contributed by atoms with E-state index in [1.807, 2.05) is 12.1 Å². The van der Waals surface area contributed by atoms with Gasteiger partial charge in [0, 0.05) is 19.7 Å². The third-order valence-electron chi connectivity index (χ3n) is 2.13. The van der Waals surface area contributed by atoms with Gasteiger partial charge in [0.1, 0.15) is 6.29 Å². The van der Waals surface area contributed by atoms with Gasteiger partial charge in [-0.1, -0.05) is 12.1 Å². The van der Waals surface area contributed by atoms with Crippen LogP contribution in [-0.2, 0) is 14.2 Å². The first-order valence-corrected chi connectivity index (χ1v) is 5.43. The second kappa shape index (κ2) is 7.29. The molecule has 0 fully saturated rings. The first kappa shape index (κ1) is 14.0. The lowest BCUT2D eigenvalue weighted by molar-refractivity contribution is -0.114. The lowest BCUT2D eigenvalue weighted by Gasteiger charge is -2.12. The summed E-state index contributed by atoms with van der Waals surface area (Å²) in [6, 6.07) is 5.43. The minimum atomic E-state index is -0.160. The molecule has 0 aliphatic rings. The molecule has 2 N–H and O–H groups in total. The molecule has 1 amide bonds. The highest BCUT2D eigenvalue weighted by Crippen LogP contribution is 2.23. The van der Waals surface area contributed by atoms with Crippen LogP contribution < -0.4 is 10.5 Å². The van der Waals surface area contributed by atoms with Gasteiger partial charge in [0.15, 0.2) is 0 Å². The van der Waals surface area contributed by atoms with Crippen LogP contribution >= 0.6 is 0 Å². The van der Waals surface area contributed by atoms with E-state index in [-0.39, 0.29) is 5.91 Å². The summed E-state index contributed by atoms with van der Waals surface area (Å²) in [5.74, 6) is -0.160. The highest BCUT2D eigenvalue weighted by atomic mass is 16.4. The fourth-order valence-electron chi connectivity index (χ4n) is 1.41. The number of benzene rings is 1. The van der Waals surface area contributed by atoms with Gasteiger partial charge in [-0.25, -0.2) is 0 Å². The summed E-state index contributed by atoms with van der Waals surface area (Å²) in [7, 11) is 1.92. The number of nitrogens with one attached hydrogen (secondary N) is 2. The molecule has 0 unspecified atom stereocenters. The SMILES string of the molecule is COBNc1ccc(/C=C/C=O)cc1NC(C)=O. The highest BCUT2D eigenvalue weighted by molar-refractivity contribution is 6.33. The Labute approximate surface area is 107 Å². The Hall–Kier alpha value is -2.08. The number of carbonyl (C=O) groups is 2. The summed E-state index contributed by atoms with van der Waals surface area (Å²) in [5, 5.41) is 5.74. The van der Waals surface area contributed by atoms with E-state index in [1.54, 1.807) is 19.3 Å². The predicted molar refractivity (Wildman–Crippen MR) is 73.6 cm³/mol. The third kappa shape index (κ3) is 4.43. The van der Waals surface area contributed by atoms with E-state index in [2.05, 4.69) is 10.5 Å². The predicted octanol–water partition coefficient (Wildman–Crippen LogP) is 1.18. The Morgan fingerprint density at radius 2 is 2.17 bits per heavy atom. The Kier molecular flexibility index (Phi) is 5.66. The number of anilines is 2. The molecular formula is C12H15BN2O3. The topological polar surface area (TPSA) is 67.4 Å². The van der Waals surface area contributed by atoms with E-state index in [9.17, 15) is 9.59 Å². The van der Waals surface area contributed by atoms with Gasteiger partial charge < -0.3 is 15.2 Å². The normalized spacial score (nSPS) is 10.1. The van der Waals surface area contributed by atoms with Crippen LogP contribution in [0.3, 0.4) is 0 Å². The summed E-state index contributed by atoms with van der Waals surface area (Å²) < 4.78 is 4.92. The van der Waals surface area contributed by atoms with Gasteiger partial charge in [0.05, 0.1) is 5.69 Å². The number of hydrogen-bond acceptors (Lipinski definition) is 4. The summed E-state index contributed by atoms with van der Waals surface area (Å²) in [4.78, 5) is 21.4. The van der Waals surface area contributed by atoms with E-state index >= 15 is 0 Å². The third-order valence-corrected chi connectivity index (χ3v) is 2.13. The van der Waals surface area contributed by atoms with Crippen LogP contribution in [0, 0.1) is 0 Å². The molecule has 0 heterocycles. The summed E-state index contributed by atoms with van der Waals surface area (Å²) in [6.07, 6.45) is 3.77. The van der Waals surface area contributed by atoms with Crippen molar-refractivity contribution in [2.75, 3.05) is 17.7 Å². The van der Waals surface area contributed by atoms with E-state index in [1.165, 1.54) is 13.0 Å². The number of aldehydes is 1. The van der Waals surface area contributed by atoms with Crippen molar-refractivity contribution in [1.29, 1.82) is 0 Å². The van der Waals surface area contributed by atoms with Gasteiger partial charge >= 0.3 is 7.62 Å². The lowest BCUT2D eigenvalue weighted by Crippen LogP contribution is -2.13. The molecule has 0 aliphatic heterocycles. The maximum atomic E-state index is 11.1. The van der Waals surface area contributed by atoms with Crippen molar-refractivity contribution < 1.29 is 14.2 Å².